The van der Waals surface area contributed by atoms with E-state index in [4.69, 9.17) is 16.3 Å². The molecule has 0 unspecified atom stereocenters. The summed E-state index contributed by atoms with van der Waals surface area (Å²) in [6.07, 6.45) is 0. The molecule has 0 atom stereocenters. The van der Waals surface area contributed by atoms with Crippen LogP contribution in [0.3, 0.4) is 0 Å². The van der Waals surface area contributed by atoms with E-state index in [2.05, 4.69) is 25.9 Å². The minimum atomic E-state index is 0.421. The fraction of sp³-hybridized carbons (Fsp3) is 0.125. The van der Waals surface area contributed by atoms with Crippen LogP contribution in [0.25, 0.3) is 22.3 Å². The number of benzene rings is 2. The first-order valence-corrected chi connectivity index (χ1v) is 7.53. The number of rotatable bonds is 2. The summed E-state index contributed by atoms with van der Waals surface area (Å²) in [7, 11) is 1.62. The van der Waals surface area contributed by atoms with Gasteiger partial charge in [-0.05, 0) is 28.9 Å². The highest BCUT2D eigenvalue weighted by atomic mass is 79.9. The van der Waals surface area contributed by atoms with Crippen molar-refractivity contribution in [3.05, 3.63) is 51.6 Å². The molecule has 3 nitrogen and oxygen atoms in total. The SMILES string of the molecule is COc1cc(Br)c2c(Cl)nc(-c3ccc(C)cc3)nc2c1. The Morgan fingerprint density at radius 3 is 2.48 bits per heavy atom. The third-order valence-corrected chi connectivity index (χ3v) is 4.12. The predicted octanol–water partition coefficient (Wildman–Crippen LogP) is 5.03. The molecule has 0 aliphatic rings. The van der Waals surface area contributed by atoms with Crippen molar-refractivity contribution in [1.82, 2.24) is 9.97 Å². The minimum Gasteiger partial charge on any atom is -0.497 e. The molecule has 1 heterocycles. The Bertz CT molecular complexity index is 819. The third kappa shape index (κ3) is 2.74. The molecule has 5 heteroatoms. The number of halogens is 2. The van der Waals surface area contributed by atoms with E-state index < -0.39 is 0 Å². The van der Waals surface area contributed by atoms with Gasteiger partial charge in [0.05, 0.1) is 18.0 Å². The zero-order valence-electron chi connectivity index (χ0n) is 11.5. The fourth-order valence-electron chi connectivity index (χ4n) is 2.10. The molecule has 0 N–H and O–H groups in total. The number of aryl methyl sites for hydroxylation is 1. The summed E-state index contributed by atoms with van der Waals surface area (Å²) in [6.45, 7) is 2.04. The van der Waals surface area contributed by atoms with Crippen molar-refractivity contribution < 1.29 is 4.74 Å². The van der Waals surface area contributed by atoms with Gasteiger partial charge in [-0.15, -0.1) is 0 Å². The zero-order valence-corrected chi connectivity index (χ0v) is 13.9. The quantitative estimate of drug-likeness (QED) is 0.599. The summed E-state index contributed by atoms with van der Waals surface area (Å²) in [5.74, 6) is 1.33. The molecule has 106 valence electrons. The molecular weight excluding hydrogens is 352 g/mol. The van der Waals surface area contributed by atoms with Gasteiger partial charge in [-0.25, -0.2) is 9.97 Å². The van der Waals surface area contributed by atoms with Crippen LogP contribution in [0.4, 0.5) is 0 Å². The number of hydrogen-bond acceptors (Lipinski definition) is 3. The van der Waals surface area contributed by atoms with Crippen LogP contribution in [0, 0.1) is 6.92 Å². The Morgan fingerprint density at radius 1 is 1.10 bits per heavy atom. The maximum atomic E-state index is 6.32. The highest BCUT2D eigenvalue weighted by molar-refractivity contribution is 9.10. The van der Waals surface area contributed by atoms with Crippen molar-refractivity contribution in [3.63, 3.8) is 0 Å². The lowest BCUT2D eigenvalue weighted by molar-refractivity contribution is 0.415. The molecular formula is C16H12BrClN2O. The van der Waals surface area contributed by atoms with Crippen LogP contribution in [0.15, 0.2) is 40.9 Å². The van der Waals surface area contributed by atoms with E-state index in [0.29, 0.717) is 11.0 Å². The first-order chi connectivity index (χ1) is 10.1. The van der Waals surface area contributed by atoms with Crippen LogP contribution in [0.5, 0.6) is 5.75 Å². The molecule has 0 aliphatic heterocycles. The van der Waals surface area contributed by atoms with Crippen molar-refractivity contribution >= 4 is 38.4 Å². The van der Waals surface area contributed by atoms with Crippen molar-refractivity contribution in [2.45, 2.75) is 6.92 Å². The van der Waals surface area contributed by atoms with E-state index in [0.717, 1.165) is 26.7 Å². The molecule has 0 aliphatic carbocycles. The van der Waals surface area contributed by atoms with Gasteiger partial charge >= 0.3 is 0 Å². The van der Waals surface area contributed by atoms with Crippen LogP contribution in [-0.2, 0) is 0 Å². The topological polar surface area (TPSA) is 35.0 Å². The molecule has 2 aromatic carbocycles. The number of nitrogens with zero attached hydrogens (tertiary/aromatic N) is 2. The largest absolute Gasteiger partial charge is 0.497 e. The highest BCUT2D eigenvalue weighted by Crippen LogP contribution is 2.34. The van der Waals surface area contributed by atoms with Gasteiger partial charge in [0.15, 0.2) is 5.82 Å². The number of fused-ring (bicyclic) bond motifs is 1. The average molecular weight is 364 g/mol. The predicted molar refractivity (Wildman–Crippen MR) is 89.0 cm³/mol. The number of methoxy groups -OCH3 is 1. The lowest BCUT2D eigenvalue weighted by Crippen LogP contribution is -1.94. The maximum Gasteiger partial charge on any atom is 0.161 e. The lowest BCUT2D eigenvalue weighted by Gasteiger charge is -2.08. The molecule has 0 saturated carbocycles. The maximum absolute atomic E-state index is 6.32. The fourth-order valence-corrected chi connectivity index (χ4v) is 3.11. The molecule has 0 amide bonds. The Labute approximate surface area is 136 Å². The first kappa shape index (κ1) is 14.3. The van der Waals surface area contributed by atoms with Gasteiger partial charge in [0, 0.05) is 16.1 Å². The Kier molecular flexibility index (Phi) is 3.83. The number of hydrogen-bond donors (Lipinski definition) is 0. The van der Waals surface area contributed by atoms with E-state index >= 15 is 0 Å². The van der Waals surface area contributed by atoms with Crippen LogP contribution >= 0.6 is 27.5 Å². The standard InChI is InChI=1S/C16H12BrClN2O/c1-9-3-5-10(6-4-9)16-19-13-8-11(21-2)7-12(17)14(13)15(18)20-16/h3-8H,1-2H3. The number of aromatic nitrogens is 2. The van der Waals surface area contributed by atoms with Gasteiger partial charge in [-0.3, -0.25) is 0 Å². The van der Waals surface area contributed by atoms with E-state index in [1.165, 1.54) is 5.56 Å². The molecule has 1 aromatic heterocycles. The van der Waals surface area contributed by atoms with Crippen LogP contribution < -0.4 is 4.74 Å². The van der Waals surface area contributed by atoms with E-state index in [1.54, 1.807) is 7.11 Å². The van der Waals surface area contributed by atoms with Crippen LogP contribution in [0.2, 0.25) is 5.15 Å². The Balaban J connectivity index is 2.24. The van der Waals surface area contributed by atoms with Crippen LogP contribution in [0.1, 0.15) is 5.56 Å². The van der Waals surface area contributed by atoms with Gasteiger partial charge in [0.1, 0.15) is 10.9 Å². The van der Waals surface area contributed by atoms with Gasteiger partial charge < -0.3 is 4.74 Å². The molecule has 0 bridgehead atoms. The minimum absolute atomic E-state index is 0.421. The zero-order chi connectivity index (χ0) is 15.0. The summed E-state index contributed by atoms with van der Waals surface area (Å²) in [4.78, 5) is 9.00. The summed E-state index contributed by atoms with van der Waals surface area (Å²) >= 11 is 9.81. The summed E-state index contributed by atoms with van der Waals surface area (Å²) < 4.78 is 6.09. The van der Waals surface area contributed by atoms with Crippen molar-refractivity contribution in [2.24, 2.45) is 0 Å². The van der Waals surface area contributed by atoms with Crippen molar-refractivity contribution in [2.75, 3.05) is 7.11 Å². The Hall–Kier alpha value is -1.65. The smallest absolute Gasteiger partial charge is 0.161 e. The summed E-state index contributed by atoms with van der Waals surface area (Å²) in [5.41, 5.74) is 2.87. The molecule has 21 heavy (non-hydrogen) atoms. The van der Waals surface area contributed by atoms with Gasteiger partial charge in [-0.2, -0.15) is 0 Å². The summed E-state index contributed by atoms with van der Waals surface area (Å²) in [6, 6.07) is 11.7. The second kappa shape index (κ2) is 5.62. The molecule has 0 fully saturated rings. The molecule has 3 rings (SSSR count). The first-order valence-electron chi connectivity index (χ1n) is 6.36. The Morgan fingerprint density at radius 2 is 1.81 bits per heavy atom. The summed E-state index contributed by atoms with van der Waals surface area (Å²) in [5, 5.41) is 1.21. The van der Waals surface area contributed by atoms with Gasteiger partial charge in [0.25, 0.3) is 0 Å². The molecule has 0 radical (unpaired) electrons. The lowest BCUT2D eigenvalue weighted by atomic mass is 10.1. The molecule has 0 saturated heterocycles. The van der Waals surface area contributed by atoms with Crippen molar-refractivity contribution in [1.29, 1.82) is 0 Å². The monoisotopic (exact) mass is 362 g/mol. The highest BCUT2D eigenvalue weighted by Gasteiger charge is 2.12. The van der Waals surface area contributed by atoms with E-state index in [1.807, 2.05) is 43.3 Å². The molecule has 3 aromatic rings. The second-order valence-electron chi connectivity index (χ2n) is 4.71. The van der Waals surface area contributed by atoms with Crippen molar-refractivity contribution in [3.8, 4) is 17.1 Å². The number of ether oxygens (including phenoxy) is 1. The average Bonchev–Trinajstić information content (AvgIpc) is 2.46. The van der Waals surface area contributed by atoms with Gasteiger partial charge in [-0.1, -0.05) is 41.4 Å². The molecule has 0 spiro atoms. The van der Waals surface area contributed by atoms with Crippen LogP contribution in [-0.4, -0.2) is 17.1 Å². The second-order valence-corrected chi connectivity index (χ2v) is 5.92. The van der Waals surface area contributed by atoms with Gasteiger partial charge in [0.2, 0.25) is 0 Å². The third-order valence-electron chi connectivity index (χ3n) is 3.23. The normalized spacial score (nSPS) is 10.9. The van der Waals surface area contributed by atoms with E-state index in [-0.39, 0.29) is 0 Å². The van der Waals surface area contributed by atoms with E-state index in [9.17, 15) is 0 Å².